The monoisotopic (exact) mass is 314 g/mol. The Morgan fingerprint density at radius 1 is 1.27 bits per heavy atom. The molecule has 0 bridgehead atoms. The van der Waals surface area contributed by atoms with Crippen molar-refractivity contribution >= 4 is 22.6 Å². The number of hydrogen-bond acceptors (Lipinski definition) is 1. The summed E-state index contributed by atoms with van der Waals surface area (Å²) in [5.41, 5.74) is 2.86. The maximum absolute atomic E-state index is 6.08. The molecule has 1 unspecified atom stereocenters. The molecule has 80 valence electrons. The van der Waals surface area contributed by atoms with Gasteiger partial charge in [0, 0.05) is 0 Å². The molecule has 15 heavy (non-hydrogen) atoms. The van der Waals surface area contributed by atoms with Crippen LogP contribution in [0.4, 0.5) is 0 Å². The van der Waals surface area contributed by atoms with Crippen molar-refractivity contribution in [3.05, 3.63) is 35.4 Å². The lowest BCUT2D eigenvalue weighted by Crippen LogP contribution is -2.14. The van der Waals surface area contributed by atoms with Gasteiger partial charge >= 0.3 is 0 Å². The molecule has 0 aromatic heterocycles. The van der Waals surface area contributed by atoms with Crippen molar-refractivity contribution in [3.63, 3.8) is 0 Å². The third-order valence-electron chi connectivity index (χ3n) is 3.68. The second-order valence-corrected chi connectivity index (χ2v) is 6.29. The van der Waals surface area contributed by atoms with E-state index in [4.69, 9.17) is 4.74 Å². The van der Waals surface area contributed by atoms with E-state index in [0.717, 1.165) is 0 Å². The molecule has 1 aliphatic heterocycles. The highest BCUT2D eigenvalue weighted by Crippen LogP contribution is 2.67. The minimum absolute atomic E-state index is 0.0206. The van der Waals surface area contributed by atoms with Crippen molar-refractivity contribution in [2.75, 3.05) is 0 Å². The number of halogens is 1. The van der Waals surface area contributed by atoms with Gasteiger partial charge in [-0.15, -0.1) is 0 Å². The number of epoxide rings is 1. The Morgan fingerprint density at radius 3 is 2.67 bits per heavy atom. The topological polar surface area (TPSA) is 12.5 Å². The fourth-order valence-electron chi connectivity index (χ4n) is 2.78. The fourth-order valence-corrected chi connectivity index (χ4v) is 4.08. The average molecular weight is 314 g/mol. The van der Waals surface area contributed by atoms with E-state index in [2.05, 4.69) is 53.8 Å². The second kappa shape index (κ2) is 3.20. The van der Waals surface area contributed by atoms with Crippen molar-refractivity contribution in [2.45, 2.75) is 41.8 Å². The standard InChI is InChI=1S/C13H15IO/c1-10-5-4-6-11(9-10)13(14)12(15-13)7-2-3-8-12/h4-6,9H,2-3,7-8H2,1H3. The van der Waals surface area contributed by atoms with E-state index in [0.29, 0.717) is 0 Å². The van der Waals surface area contributed by atoms with E-state index in [-0.39, 0.29) is 9.21 Å². The van der Waals surface area contributed by atoms with Gasteiger partial charge in [-0.2, -0.15) is 0 Å². The van der Waals surface area contributed by atoms with Gasteiger partial charge in [0.25, 0.3) is 0 Å². The molecule has 1 heterocycles. The van der Waals surface area contributed by atoms with Gasteiger partial charge in [-0.25, -0.2) is 0 Å². The second-order valence-electron chi connectivity index (χ2n) is 4.77. The molecule has 1 aromatic rings. The number of aryl methyl sites for hydroxylation is 1. The number of ether oxygens (including phenoxy) is 1. The third kappa shape index (κ3) is 1.37. The van der Waals surface area contributed by atoms with Crippen molar-refractivity contribution in [2.24, 2.45) is 0 Å². The number of alkyl halides is 1. The van der Waals surface area contributed by atoms with Crippen LogP contribution in [0.5, 0.6) is 0 Å². The highest BCUT2D eigenvalue weighted by atomic mass is 127. The predicted octanol–water partition coefficient (Wildman–Crippen LogP) is 3.93. The van der Waals surface area contributed by atoms with Crippen molar-refractivity contribution in [1.29, 1.82) is 0 Å². The Kier molecular flexibility index (Phi) is 2.15. The quantitative estimate of drug-likeness (QED) is 0.435. The molecule has 1 nitrogen and oxygen atoms in total. The molecular weight excluding hydrogens is 299 g/mol. The van der Waals surface area contributed by atoms with E-state index < -0.39 is 0 Å². The van der Waals surface area contributed by atoms with Crippen LogP contribution in [0, 0.1) is 6.92 Å². The van der Waals surface area contributed by atoms with Crippen molar-refractivity contribution in [1.82, 2.24) is 0 Å². The summed E-state index contributed by atoms with van der Waals surface area (Å²) >= 11 is 2.50. The number of benzene rings is 1. The highest BCUT2D eigenvalue weighted by molar-refractivity contribution is 14.1. The van der Waals surface area contributed by atoms with Crippen LogP contribution >= 0.6 is 22.6 Å². The molecule has 2 aliphatic rings. The molecular formula is C13H15IO. The molecule has 3 rings (SSSR count). The molecule has 2 heteroatoms. The van der Waals surface area contributed by atoms with E-state index in [1.165, 1.54) is 36.8 Å². The first kappa shape index (κ1) is 10.1. The molecule has 0 N–H and O–H groups in total. The van der Waals surface area contributed by atoms with Crippen molar-refractivity contribution in [3.8, 4) is 0 Å². The van der Waals surface area contributed by atoms with E-state index in [9.17, 15) is 0 Å². The zero-order valence-electron chi connectivity index (χ0n) is 8.92. The van der Waals surface area contributed by atoms with Gasteiger partial charge in [-0.3, -0.25) is 0 Å². The van der Waals surface area contributed by atoms with Crippen LogP contribution in [0.2, 0.25) is 0 Å². The summed E-state index contributed by atoms with van der Waals surface area (Å²) in [4.78, 5) is 0. The van der Waals surface area contributed by atoms with Crippen molar-refractivity contribution < 1.29 is 4.74 Å². The summed E-state index contributed by atoms with van der Waals surface area (Å²) in [5.74, 6) is 0. The highest BCUT2D eigenvalue weighted by Gasteiger charge is 2.69. The van der Waals surface area contributed by atoms with Gasteiger partial charge in [-0.1, -0.05) is 42.7 Å². The lowest BCUT2D eigenvalue weighted by molar-refractivity contribution is 0.294. The van der Waals surface area contributed by atoms with Crippen LogP contribution in [-0.2, 0) is 8.34 Å². The zero-order chi connectivity index (χ0) is 10.5. The van der Waals surface area contributed by atoms with Gasteiger partial charge in [0.15, 0.2) is 3.61 Å². The van der Waals surface area contributed by atoms with Gasteiger partial charge in [-0.05, 0) is 47.9 Å². The first-order valence-corrected chi connectivity index (χ1v) is 6.70. The van der Waals surface area contributed by atoms with Gasteiger partial charge in [0.05, 0.1) is 0 Å². The summed E-state index contributed by atoms with van der Waals surface area (Å²) in [6.07, 6.45) is 5.14. The molecule has 2 fully saturated rings. The summed E-state index contributed by atoms with van der Waals surface area (Å²) < 4.78 is 6.06. The minimum Gasteiger partial charge on any atom is -0.346 e. The molecule has 0 amide bonds. The summed E-state index contributed by atoms with van der Waals surface area (Å²) in [7, 11) is 0. The fraction of sp³-hybridized carbons (Fsp3) is 0.538. The van der Waals surface area contributed by atoms with Crippen LogP contribution in [0.3, 0.4) is 0 Å². The Labute approximate surface area is 104 Å². The third-order valence-corrected chi connectivity index (χ3v) is 5.51. The molecule has 1 spiro atoms. The molecule has 1 atom stereocenters. The lowest BCUT2D eigenvalue weighted by atomic mass is 9.97. The molecule has 1 saturated heterocycles. The predicted molar refractivity (Wildman–Crippen MR) is 69.2 cm³/mol. The van der Waals surface area contributed by atoms with E-state index >= 15 is 0 Å². The number of rotatable bonds is 1. The Morgan fingerprint density at radius 2 is 2.00 bits per heavy atom. The normalized spacial score (nSPS) is 32.1. The van der Waals surface area contributed by atoms with Crippen LogP contribution in [0.15, 0.2) is 24.3 Å². The minimum atomic E-state index is -0.0206. The van der Waals surface area contributed by atoms with Gasteiger partial charge in [0.1, 0.15) is 5.60 Å². The largest absolute Gasteiger partial charge is 0.346 e. The average Bonchev–Trinajstić information content (AvgIpc) is 2.60. The maximum atomic E-state index is 6.08. The van der Waals surface area contributed by atoms with Crippen LogP contribution < -0.4 is 0 Å². The van der Waals surface area contributed by atoms with Crippen LogP contribution in [0.25, 0.3) is 0 Å². The SMILES string of the molecule is Cc1cccc(C2(I)OC23CCCC3)c1. The van der Waals surface area contributed by atoms with Gasteiger partial charge in [0.2, 0.25) is 0 Å². The summed E-state index contributed by atoms with van der Waals surface area (Å²) in [5, 5.41) is 0. The van der Waals surface area contributed by atoms with E-state index in [1.807, 2.05) is 0 Å². The Hall–Kier alpha value is -0.0900. The Balaban J connectivity index is 1.95. The van der Waals surface area contributed by atoms with Crippen LogP contribution in [-0.4, -0.2) is 5.60 Å². The number of hydrogen-bond donors (Lipinski definition) is 0. The lowest BCUT2D eigenvalue weighted by Gasteiger charge is -2.10. The first-order valence-electron chi connectivity index (χ1n) is 5.63. The summed E-state index contributed by atoms with van der Waals surface area (Å²) in [6.45, 7) is 2.15. The van der Waals surface area contributed by atoms with Gasteiger partial charge < -0.3 is 4.74 Å². The van der Waals surface area contributed by atoms with Crippen LogP contribution in [0.1, 0.15) is 36.8 Å². The molecule has 0 radical (unpaired) electrons. The van der Waals surface area contributed by atoms with E-state index in [1.54, 1.807) is 0 Å². The molecule has 1 saturated carbocycles. The Bertz CT molecular complexity index is 395. The smallest absolute Gasteiger partial charge is 0.173 e. The first-order chi connectivity index (χ1) is 7.16. The molecule has 1 aromatic carbocycles. The zero-order valence-corrected chi connectivity index (χ0v) is 11.1. The maximum Gasteiger partial charge on any atom is 0.173 e. The molecule has 1 aliphatic carbocycles. The summed E-state index contributed by atoms with van der Waals surface area (Å²) in [6, 6.07) is 8.74.